The average molecular weight is 251 g/mol. The third kappa shape index (κ3) is 2.65. The zero-order valence-electron chi connectivity index (χ0n) is 11.5. The van der Waals surface area contributed by atoms with Crippen molar-refractivity contribution in [3.8, 4) is 0 Å². The van der Waals surface area contributed by atoms with E-state index in [0.717, 1.165) is 13.0 Å². The van der Waals surface area contributed by atoms with E-state index in [1.54, 1.807) is 0 Å². The summed E-state index contributed by atoms with van der Waals surface area (Å²) in [4.78, 5) is 0. The Morgan fingerprint density at radius 2 is 1.89 bits per heavy atom. The van der Waals surface area contributed by atoms with Gasteiger partial charge in [0.2, 0.25) is 0 Å². The minimum absolute atomic E-state index is 0.710. The van der Waals surface area contributed by atoms with Crippen LogP contribution in [0.3, 0.4) is 0 Å². The molecule has 1 heterocycles. The highest BCUT2D eigenvalue weighted by Gasteiger charge is 2.19. The molecular formula is C18H21N. The first-order valence-corrected chi connectivity index (χ1v) is 7.25. The van der Waals surface area contributed by atoms with E-state index in [0.29, 0.717) is 5.92 Å². The molecule has 0 amide bonds. The third-order valence-corrected chi connectivity index (χ3v) is 4.06. The van der Waals surface area contributed by atoms with E-state index in [4.69, 9.17) is 0 Å². The second-order valence-corrected chi connectivity index (χ2v) is 5.45. The number of fused-ring (bicyclic) bond motifs is 1. The van der Waals surface area contributed by atoms with E-state index in [1.807, 2.05) is 0 Å². The maximum atomic E-state index is 3.65. The van der Waals surface area contributed by atoms with Gasteiger partial charge < -0.3 is 5.32 Å². The Balaban J connectivity index is 1.76. The fourth-order valence-electron chi connectivity index (χ4n) is 3.07. The molecule has 0 bridgehead atoms. The minimum Gasteiger partial charge on any atom is -0.384 e. The summed E-state index contributed by atoms with van der Waals surface area (Å²) in [5.41, 5.74) is 5.79. The van der Waals surface area contributed by atoms with Gasteiger partial charge in [0.25, 0.3) is 0 Å². The Bertz CT molecular complexity index is 545. The molecule has 1 unspecified atom stereocenters. The number of rotatable bonds is 3. The standard InChI is InChI=1S/C18H21N/c1-2-16-9-6-10-17-12-15(13-19-18(16)17)11-14-7-4-3-5-8-14/h3-10,15,19H,2,11-13H2,1H3. The van der Waals surface area contributed by atoms with Crippen LogP contribution in [-0.2, 0) is 19.3 Å². The smallest absolute Gasteiger partial charge is 0.0405 e. The summed E-state index contributed by atoms with van der Waals surface area (Å²) < 4.78 is 0. The lowest BCUT2D eigenvalue weighted by molar-refractivity contribution is 0.534. The van der Waals surface area contributed by atoms with Crippen molar-refractivity contribution in [3.63, 3.8) is 0 Å². The van der Waals surface area contributed by atoms with Crippen molar-refractivity contribution >= 4 is 5.69 Å². The van der Waals surface area contributed by atoms with Crippen LogP contribution in [0, 0.1) is 5.92 Å². The molecule has 0 saturated carbocycles. The monoisotopic (exact) mass is 251 g/mol. The van der Waals surface area contributed by atoms with E-state index in [2.05, 4.69) is 60.8 Å². The van der Waals surface area contributed by atoms with Crippen molar-refractivity contribution in [2.75, 3.05) is 11.9 Å². The molecule has 1 nitrogen and oxygen atoms in total. The molecule has 1 aliphatic rings. The first-order chi connectivity index (χ1) is 9.36. The number of para-hydroxylation sites is 1. The first kappa shape index (κ1) is 12.3. The fourth-order valence-corrected chi connectivity index (χ4v) is 3.07. The van der Waals surface area contributed by atoms with Gasteiger partial charge in [0, 0.05) is 12.2 Å². The van der Waals surface area contributed by atoms with Gasteiger partial charge in [-0.05, 0) is 41.9 Å². The highest BCUT2D eigenvalue weighted by atomic mass is 14.9. The van der Waals surface area contributed by atoms with Crippen LogP contribution in [0.25, 0.3) is 0 Å². The van der Waals surface area contributed by atoms with E-state index in [1.165, 1.54) is 35.2 Å². The van der Waals surface area contributed by atoms with Gasteiger partial charge in [0.05, 0.1) is 0 Å². The number of aryl methyl sites for hydroxylation is 1. The van der Waals surface area contributed by atoms with Crippen LogP contribution in [0.15, 0.2) is 48.5 Å². The summed E-state index contributed by atoms with van der Waals surface area (Å²) in [7, 11) is 0. The molecule has 2 aromatic carbocycles. The Hall–Kier alpha value is -1.76. The Labute approximate surface area is 115 Å². The predicted octanol–water partition coefficient (Wildman–Crippen LogP) is 4.08. The highest BCUT2D eigenvalue weighted by Crippen LogP contribution is 2.29. The van der Waals surface area contributed by atoms with Crippen LogP contribution in [0.2, 0.25) is 0 Å². The number of benzene rings is 2. The topological polar surface area (TPSA) is 12.0 Å². The first-order valence-electron chi connectivity index (χ1n) is 7.25. The molecule has 1 heteroatoms. The summed E-state index contributed by atoms with van der Waals surface area (Å²) >= 11 is 0. The maximum Gasteiger partial charge on any atom is 0.0405 e. The third-order valence-electron chi connectivity index (χ3n) is 4.06. The highest BCUT2D eigenvalue weighted by molar-refractivity contribution is 5.59. The summed E-state index contributed by atoms with van der Waals surface area (Å²) in [5.74, 6) is 0.710. The van der Waals surface area contributed by atoms with E-state index in [9.17, 15) is 0 Å². The Kier molecular flexibility index (Phi) is 3.54. The summed E-state index contributed by atoms with van der Waals surface area (Å²) in [6, 6.07) is 17.5. The largest absolute Gasteiger partial charge is 0.384 e. The van der Waals surface area contributed by atoms with Gasteiger partial charge in [0.15, 0.2) is 0 Å². The average Bonchev–Trinajstić information content (AvgIpc) is 2.47. The molecule has 0 fully saturated rings. The molecule has 1 atom stereocenters. The quantitative estimate of drug-likeness (QED) is 0.867. The second-order valence-electron chi connectivity index (χ2n) is 5.45. The van der Waals surface area contributed by atoms with E-state index < -0.39 is 0 Å². The van der Waals surface area contributed by atoms with Crippen LogP contribution >= 0.6 is 0 Å². The molecule has 3 rings (SSSR count). The van der Waals surface area contributed by atoms with Gasteiger partial charge in [-0.2, -0.15) is 0 Å². The van der Waals surface area contributed by atoms with E-state index >= 15 is 0 Å². The van der Waals surface area contributed by atoms with Crippen LogP contribution in [0.5, 0.6) is 0 Å². The van der Waals surface area contributed by atoms with Gasteiger partial charge in [-0.15, -0.1) is 0 Å². The van der Waals surface area contributed by atoms with Gasteiger partial charge in [-0.25, -0.2) is 0 Å². The van der Waals surface area contributed by atoms with Gasteiger partial charge >= 0.3 is 0 Å². The maximum absolute atomic E-state index is 3.65. The molecule has 2 aromatic rings. The number of hydrogen-bond donors (Lipinski definition) is 1. The van der Waals surface area contributed by atoms with Gasteiger partial charge in [-0.1, -0.05) is 55.5 Å². The van der Waals surface area contributed by atoms with Crippen molar-refractivity contribution in [2.24, 2.45) is 5.92 Å². The Morgan fingerprint density at radius 1 is 1.05 bits per heavy atom. The number of hydrogen-bond acceptors (Lipinski definition) is 1. The molecule has 0 aliphatic carbocycles. The van der Waals surface area contributed by atoms with Crippen LogP contribution in [0.1, 0.15) is 23.6 Å². The molecule has 0 spiro atoms. The normalized spacial score (nSPS) is 17.6. The van der Waals surface area contributed by atoms with Crippen molar-refractivity contribution in [2.45, 2.75) is 26.2 Å². The fraction of sp³-hybridized carbons (Fsp3) is 0.333. The zero-order chi connectivity index (χ0) is 13.1. The molecular weight excluding hydrogens is 230 g/mol. The lowest BCUT2D eigenvalue weighted by atomic mass is 9.87. The van der Waals surface area contributed by atoms with Crippen molar-refractivity contribution < 1.29 is 0 Å². The Morgan fingerprint density at radius 3 is 2.68 bits per heavy atom. The molecule has 0 aromatic heterocycles. The minimum atomic E-state index is 0.710. The summed E-state index contributed by atoms with van der Waals surface area (Å²) in [5, 5.41) is 3.65. The molecule has 0 radical (unpaired) electrons. The van der Waals surface area contributed by atoms with Gasteiger partial charge in [0.1, 0.15) is 0 Å². The van der Waals surface area contributed by atoms with Crippen molar-refractivity contribution in [1.29, 1.82) is 0 Å². The van der Waals surface area contributed by atoms with Crippen LogP contribution in [0.4, 0.5) is 5.69 Å². The van der Waals surface area contributed by atoms with Crippen LogP contribution in [-0.4, -0.2) is 6.54 Å². The summed E-state index contributed by atoms with van der Waals surface area (Å²) in [6.07, 6.45) is 3.48. The zero-order valence-corrected chi connectivity index (χ0v) is 11.5. The predicted molar refractivity (Wildman–Crippen MR) is 81.6 cm³/mol. The molecule has 0 saturated heterocycles. The molecule has 19 heavy (non-hydrogen) atoms. The number of anilines is 1. The van der Waals surface area contributed by atoms with E-state index in [-0.39, 0.29) is 0 Å². The lowest BCUT2D eigenvalue weighted by Gasteiger charge is -2.28. The second kappa shape index (κ2) is 5.48. The lowest BCUT2D eigenvalue weighted by Crippen LogP contribution is -2.25. The SMILES string of the molecule is CCc1cccc2c1NCC(Cc1ccccc1)C2. The number of nitrogens with one attached hydrogen (secondary N) is 1. The van der Waals surface area contributed by atoms with Gasteiger partial charge in [-0.3, -0.25) is 0 Å². The summed E-state index contributed by atoms with van der Waals surface area (Å²) in [6.45, 7) is 3.33. The molecule has 1 N–H and O–H groups in total. The van der Waals surface area contributed by atoms with Crippen LogP contribution < -0.4 is 5.32 Å². The molecule has 1 aliphatic heterocycles. The van der Waals surface area contributed by atoms with Crippen molar-refractivity contribution in [3.05, 3.63) is 65.2 Å². The molecule has 98 valence electrons. The van der Waals surface area contributed by atoms with Crippen molar-refractivity contribution in [1.82, 2.24) is 0 Å².